The number of hydrogen-bond acceptors (Lipinski definition) is 20. The van der Waals surface area contributed by atoms with Gasteiger partial charge in [-0.3, -0.25) is 44.4 Å². The molecule has 0 unspecified atom stereocenters. The highest BCUT2D eigenvalue weighted by Gasteiger charge is 2.33. The number of carboxylic acid groups (broad SMARTS) is 2. The number of hydrogen-bond donors (Lipinski definition) is 8. The van der Waals surface area contributed by atoms with Crippen LogP contribution in [0.4, 0.5) is 4.79 Å². The van der Waals surface area contributed by atoms with Crippen molar-refractivity contribution in [3.05, 3.63) is 198 Å². The fourth-order valence-corrected chi connectivity index (χ4v) is 8.61. The summed E-state index contributed by atoms with van der Waals surface area (Å²) in [6.45, 7) is 5.41. The number of benzene rings is 5. The van der Waals surface area contributed by atoms with Crippen LogP contribution in [0.15, 0.2) is 158 Å². The maximum Gasteiger partial charge on any atom is 0.407 e. The Labute approximate surface area is 535 Å². The number of nitrogens with one attached hydrogen (secondary N) is 5. The number of rotatable bonds is 27. The lowest BCUT2D eigenvalue weighted by Gasteiger charge is -2.27. The molecule has 0 spiro atoms. The molecule has 8 N–H and O–H groups in total. The van der Waals surface area contributed by atoms with Gasteiger partial charge < -0.3 is 48.6 Å². The molecule has 0 radical (unpaired) electrons. The van der Waals surface area contributed by atoms with Crippen molar-refractivity contribution in [2.24, 2.45) is 17.8 Å². The normalized spacial score (nSPS) is 12.1. The molecule has 0 bridgehead atoms. The summed E-state index contributed by atoms with van der Waals surface area (Å²) in [6, 6.07) is 38.2. The Morgan fingerprint density at radius 3 is 1.47 bits per heavy atom. The van der Waals surface area contributed by atoms with Crippen molar-refractivity contribution in [2.75, 3.05) is 33.9 Å². The van der Waals surface area contributed by atoms with Gasteiger partial charge in [-0.25, -0.2) is 29.2 Å². The van der Waals surface area contributed by atoms with E-state index in [9.17, 15) is 63.0 Å². The number of H-pyrrole nitrogens is 2. The summed E-state index contributed by atoms with van der Waals surface area (Å²) in [5.41, 5.74) is 9.10. The quantitative estimate of drug-likeness (QED) is 0.0112. The maximum absolute atomic E-state index is 12.8. The fourth-order valence-electron chi connectivity index (χ4n) is 8.23. The van der Waals surface area contributed by atoms with Crippen LogP contribution in [0.2, 0.25) is 10.0 Å². The van der Waals surface area contributed by atoms with Crippen LogP contribution in [-0.2, 0) is 56.0 Å². The molecule has 2 heterocycles. The Kier molecular flexibility index (Phi) is 28.3. The highest BCUT2D eigenvalue weighted by atomic mass is 35.5. The standard InChI is InChI=1S/C28H24ClN3O7.C27H29ClN4O9.C8H14O4/c29-22-8-4-7-21(13-22)19-11-9-18(10-12-19)15-32(30-27(36)25-14-26(35)31-39-25)16-23(33)28(37)38-17-24(34)20-5-2-1-3-6-20;1-15(2)23(29-27(38)39-3)26(37)40-21(25(35)36)14-32(30-24(34)20-12-22(33)31-41-20)13-16-7-9-17(10-8-16)18-5-4-6-19(28)11-18;1-5(2)6(8(10)11)4-7(9)12-3/h1-14,23,33H,15-17H2,(H,30,36)(H,31,35);4-12,15,21,23H,13-14H2,1-3H3,(H,29,38)(H,30,34)(H,31,33)(H,35,36);5-6H,4H2,1-3H3,(H,10,11)/t23-;21-,23+;6-/m110/s1. The molecule has 0 aliphatic rings. The summed E-state index contributed by atoms with van der Waals surface area (Å²) < 4.78 is 28.8. The highest BCUT2D eigenvalue weighted by molar-refractivity contribution is 6.31. The lowest BCUT2D eigenvalue weighted by Crippen LogP contribution is -2.51. The molecule has 3 amide bonds. The molecule has 5 aromatic carbocycles. The summed E-state index contributed by atoms with van der Waals surface area (Å²) in [5, 5.41) is 39.0. The van der Waals surface area contributed by atoms with E-state index in [0.717, 1.165) is 47.1 Å². The van der Waals surface area contributed by atoms with Crippen molar-refractivity contribution in [2.45, 2.75) is 65.5 Å². The van der Waals surface area contributed by atoms with Gasteiger partial charge >= 0.3 is 47.8 Å². The van der Waals surface area contributed by atoms with Crippen LogP contribution in [-0.4, -0.2) is 141 Å². The first-order chi connectivity index (χ1) is 43.7. The molecule has 7 rings (SSSR count). The maximum atomic E-state index is 12.8. The van der Waals surface area contributed by atoms with E-state index in [1.165, 1.54) is 17.1 Å². The smallest absolute Gasteiger partial charge is 0.407 e. The van der Waals surface area contributed by atoms with Gasteiger partial charge in [-0.1, -0.05) is 154 Å². The topological polar surface area (TPSA) is 386 Å². The minimum Gasteiger partial charge on any atom is -0.481 e. The number of aliphatic hydroxyl groups excluding tert-OH is 1. The zero-order chi connectivity index (χ0) is 67.6. The summed E-state index contributed by atoms with van der Waals surface area (Å²) in [7, 11) is 2.37. The average molecular weight is 1310 g/mol. The fraction of sp³-hybridized carbons (Fsp3) is 0.286. The van der Waals surface area contributed by atoms with Crippen LogP contribution < -0.4 is 27.3 Å². The number of alkyl carbamates (subject to hydrolysis) is 1. The zero-order valence-corrected chi connectivity index (χ0v) is 51.9. The average Bonchev–Trinajstić information content (AvgIpc) is 1.39. The van der Waals surface area contributed by atoms with Crippen LogP contribution in [0.25, 0.3) is 22.3 Å². The number of aliphatic carboxylic acids is 2. The molecule has 27 nitrogen and oxygen atoms in total. The van der Waals surface area contributed by atoms with Crippen LogP contribution in [0, 0.1) is 17.8 Å². The first-order valence-electron chi connectivity index (χ1n) is 27.9. The number of aliphatic hydroxyl groups is 1. The third-order valence-electron chi connectivity index (χ3n) is 13.1. The van der Waals surface area contributed by atoms with Gasteiger partial charge in [-0.05, 0) is 69.5 Å². The van der Waals surface area contributed by atoms with E-state index >= 15 is 0 Å². The second kappa shape index (κ2) is 35.9. The number of esters is 3. The Balaban J connectivity index is 0.000000284. The predicted octanol–water partition coefficient (Wildman–Crippen LogP) is 6.94. The molecule has 0 aliphatic carbocycles. The van der Waals surface area contributed by atoms with E-state index in [-0.39, 0.29) is 43.5 Å². The Morgan fingerprint density at radius 2 is 1.07 bits per heavy atom. The first kappa shape index (κ1) is 72.6. The third kappa shape index (κ3) is 23.6. The van der Waals surface area contributed by atoms with Gasteiger partial charge in [-0.15, -0.1) is 0 Å². The van der Waals surface area contributed by atoms with Crippen LogP contribution in [0.5, 0.6) is 0 Å². The molecular formula is C63H67Cl2N7O20. The number of carbonyl (C=O) groups excluding carboxylic acids is 7. The van der Waals surface area contributed by atoms with Gasteiger partial charge in [0.15, 0.2) is 18.5 Å². The monoisotopic (exact) mass is 1310 g/mol. The minimum atomic E-state index is -1.76. The van der Waals surface area contributed by atoms with Gasteiger partial charge in [0.05, 0.1) is 51.8 Å². The van der Waals surface area contributed by atoms with Gasteiger partial charge in [0.1, 0.15) is 6.04 Å². The second-order valence-corrected chi connectivity index (χ2v) is 21.6. The zero-order valence-electron chi connectivity index (χ0n) is 50.4. The highest BCUT2D eigenvalue weighted by Crippen LogP contribution is 2.25. The molecule has 0 saturated heterocycles. The second-order valence-electron chi connectivity index (χ2n) is 20.7. The number of carbonyl (C=O) groups is 9. The number of carboxylic acids is 2. The molecule has 0 fully saturated rings. The molecule has 7 aromatic rings. The summed E-state index contributed by atoms with van der Waals surface area (Å²) in [4.78, 5) is 131. The number of methoxy groups -OCH3 is 2. The third-order valence-corrected chi connectivity index (χ3v) is 13.6. The minimum absolute atomic E-state index is 0.0223. The Bertz CT molecular complexity index is 3760. The van der Waals surface area contributed by atoms with Gasteiger partial charge in [0.25, 0.3) is 11.1 Å². The molecule has 488 valence electrons. The molecular weight excluding hydrogens is 1250 g/mol. The van der Waals surface area contributed by atoms with Crippen molar-refractivity contribution < 1.29 is 86.5 Å². The summed E-state index contributed by atoms with van der Waals surface area (Å²) in [6.07, 6.45) is -4.40. The van der Waals surface area contributed by atoms with E-state index in [1.54, 1.807) is 88.4 Å². The van der Waals surface area contributed by atoms with Crippen molar-refractivity contribution in [1.29, 1.82) is 0 Å². The van der Waals surface area contributed by atoms with E-state index in [0.29, 0.717) is 21.2 Å². The number of hydrazine groups is 2. The lowest BCUT2D eigenvalue weighted by atomic mass is 9.93. The largest absolute Gasteiger partial charge is 0.481 e. The van der Waals surface area contributed by atoms with E-state index in [1.807, 2.05) is 77.0 Å². The van der Waals surface area contributed by atoms with Crippen molar-refractivity contribution in [1.82, 2.24) is 36.5 Å². The SMILES string of the molecule is COC(=O)C[C@H](C(=O)O)C(C)C.COC(=O)N[C@H](C(=O)O[C@H](CN(Cc1ccc(-c2cccc(Cl)c2)cc1)NC(=O)c1cc(=O)[nH]o1)C(=O)O)C(C)C.O=C(COC(=O)[C@H](O)CN(Cc1ccc(-c2cccc(Cl)c2)cc1)NC(=O)c1cc(=O)[nH]o1)c1ccccc1. The molecule has 29 heteroatoms. The number of ketones is 1. The molecule has 4 atom stereocenters. The van der Waals surface area contributed by atoms with Gasteiger partial charge in [0.2, 0.25) is 17.6 Å². The number of ether oxygens (including phenoxy) is 4. The van der Waals surface area contributed by atoms with Gasteiger partial charge in [0, 0.05) is 28.7 Å². The van der Waals surface area contributed by atoms with E-state index in [4.69, 9.17) is 46.8 Å². The predicted molar refractivity (Wildman–Crippen MR) is 330 cm³/mol. The number of amides is 3. The first-order valence-corrected chi connectivity index (χ1v) is 28.7. The van der Waals surface area contributed by atoms with Crippen LogP contribution >= 0.6 is 23.2 Å². The molecule has 0 aliphatic heterocycles. The van der Waals surface area contributed by atoms with Gasteiger partial charge in [-0.2, -0.15) is 10.3 Å². The lowest BCUT2D eigenvalue weighted by molar-refractivity contribution is -0.167. The summed E-state index contributed by atoms with van der Waals surface area (Å²) >= 11 is 12.2. The van der Waals surface area contributed by atoms with E-state index in [2.05, 4.69) is 25.6 Å². The summed E-state index contributed by atoms with van der Waals surface area (Å²) in [5.74, 6) is -8.80. The molecule has 92 heavy (non-hydrogen) atoms. The van der Waals surface area contributed by atoms with Crippen molar-refractivity contribution >= 4 is 76.7 Å². The van der Waals surface area contributed by atoms with E-state index < -0.39 is 108 Å². The van der Waals surface area contributed by atoms with Crippen LogP contribution in [0.3, 0.4) is 0 Å². The number of aromatic nitrogens is 2. The van der Waals surface area contributed by atoms with Crippen molar-refractivity contribution in [3.63, 3.8) is 0 Å². The van der Waals surface area contributed by atoms with Crippen molar-refractivity contribution in [3.8, 4) is 22.3 Å². The van der Waals surface area contributed by atoms with Crippen LogP contribution in [0.1, 0.15) is 76.7 Å². The number of Topliss-reactive ketones (excluding diaryl/α,β-unsaturated/α-hetero) is 1. The Hall–Kier alpha value is -10.2. The molecule has 0 saturated carbocycles. The number of aromatic amines is 2. The number of nitrogens with zero attached hydrogens (tertiary/aromatic N) is 2. The molecule has 2 aromatic heterocycles. The Morgan fingerprint density at radius 1 is 0.576 bits per heavy atom. The number of halogens is 2.